The molecule has 0 saturated carbocycles. The van der Waals surface area contributed by atoms with Crippen molar-refractivity contribution in [3.8, 4) is 0 Å². The Bertz CT molecular complexity index is 775. The molecule has 0 radical (unpaired) electrons. The molecule has 2 heterocycles. The third-order valence-electron chi connectivity index (χ3n) is 3.88. The van der Waals surface area contributed by atoms with Crippen molar-refractivity contribution < 1.29 is 24.2 Å². The first-order chi connectivity index (χ1) is 12.3. The highest BCUT2D eigenvalue weighted by Crippen LogP contribution is 2.27. The Morgan fingerprint density at radius 3 is 1.56 bits per heavy atom. The lowest BCUT2D eigenvalue weighted by molar-refractivity contribution is -0.0247. The second-order valence-electron chi connectivity index (χ2n) is 5.45. The van der Waals surface area contributed by atoms with E-state index in [9.17, 15) is 5.21 Å². The van der Waals surface area contributed by atoms with Gasteiger partial charge in [-0.25, -0.2) is 0 Å². The summed E-state index contributed by atoms with van der Waals surface area (Å²) in [6.07, 6.45) is 5.01. The molecule has 0 spiro atoms. The van der Waals surface area contributed by atoms with Crippen LogP contribution in [0.15, 0.2) is 78.7 Å². The van der Waals surface area contributed by atoms with Gasteiger partial charge in [-0.05, 0) is 12.1 Å². The van der Waals surface area contributed by atoms with Gasteiger partial charge in [0.25, 0.3) is 12.6 Å². The van der Waals surface area contributed by atoms with Gasteiger partial charge in [0.05, 0.1) is 0 Å². The van der Waals surface area contributed by atoms with Crippen LogP contribution in [0.2, 0.25) is 0 Å². The summed E-state index contributed by atoms with van der Waals surface area (Å²) in [5, 5.41) is 13.1. The molecule has 6 heteroatoms. The van der Waals surface area contributed by atoms with Crippen LogP contribution in [0.1, 0.15) is 34.8 Å². The molecule has 6 nitrogen and oxygen atoms in total. The zero-order valence-electron chi connectivity index (χ0n) is 13.1. The van der Waals surface area contributed by atoms with Gasteiger partial charge in [0.15, 0.2) is 0 Å². The van der Waals surface area contributed by atoms with Crippen LogP contribution in [-0.4, -0.2) is 10.9 Å². The Morgan fingerprint density at radius 2 is 1.16 bits per heavy atom. The fourth-order valence-electron chi connectivity index (χ4n) is 2.74. The van der Waals surface area contributed by atoms with Crippen molar-refractivity contribution in [1.29, 1.82) is 0 Å². The molecule has 2 aliphatic heterocycles. The molecule has 0 aliphatic carbocycles. The second-order valence-corrected chi connectivity index (χ2v) is 5.45. The summed E-state index contributed by atoms with van der Waals surface area (Å²) >= 11 is 0. The van der Waals surface area contributed by atoms with Crippen molar-refractivity contribution in [2.75, 3.05) is 0 Å². The monoisotopic (exact) mass is 337 g/mol. The molecule has 2 aromatic rings. The molecular formula is C19H15NO5. The van der Waals surface area contributed by atoms with E-state index in [-0.39, 0.29) is 0 Å². The topological polar surface area (TPSA) is 69.5 Å². The van der Waals surface area contributed by atoms with E-state index in [0.29, 0.717) is 5.71 Å². The number of hydrogen-bond acceptors (Lipinski definition) is 6. The lowest BCUT2D eigenvalue weighted by Gasteiger charge is -2.14. The summed E-state index contributed by atoms with van der Waals surface area (Å²) in [4.78, 5) is 0. The molecule has 0 aromatic heterocycles. The van der Waals surface area contributed by atoms with Crippen LogP contribution in [0, 0.1) is 0 Å². The minimum absolute atomic E-state index is 0.431. The fraction of sp³-hybridized carbons (Fsp3) is 0.105. The number of ether oxygens (including phenoxy) is 4. The van der Waals surface area contributed by atoms with Crippen LogP contribution < -0.4 is 0 Å². The van der Waals surface area contributed by atoms with Crippen molar-refractivity contribution >= 4 is 5.71 Å². The summed E-state index contributed by atoms with van der Waals surface area (Å²) < 4.78 is 21.4. The van der Waals surface area contributed by atoms with Crippen molar-refractivity contribution in [3.63, 3.8) is 0 Å². The van der Waals surface area contributed by atoms with Gasteiger partial charge in [-0.1, -0.05) is 41.6 Å². The maximum absolute atomic E-state index is 9.58. The van der Waals surface area contributed by atoms with Gasteiger partial charge in [-0.15, -0.1) is 0 Å². The number of hydrogen-bond donors (Lipinski definition) is 1. The van der Waals surface area contributed by atoms with Crippen LogP contribution >= 0.6 is 0 Å². The highest BCUT2D eigenvalue weighted by Gasteiger charge is 2.19. The van der Waals surface area contributed by atoms with E-state index in [0.717, 1.165) is 22.3 Å². The van der Waals surface area contributed by atoms with E-state index in [4.69, 9.17) is 18.9 Å². The molecule has 0 atom stereocenters. The zero-order chi connectivity index (χ0) is 17.1. The molecule has 0 fully saturated rings. The summed E-state index contributed by atoms with van der Waals surface area (Å²) in [5.74, 6) is 0. The standard InChI is InChI=1S/C19H15NO5/c21-20-17(13-3-1-5-15(11-13)18-22-7-8-23-18)14-4-2-6-16(12-14)19-24-9-10-25-19/h1-12,18-19,21H. The first-order valence-corrected chi connectivity index (χ1v) is 7.70. The Labute approximate surface area is 144 Å². The summed E-state index contributed by atoms with van der Waals surface area (Å²) in [5.41, 5.74) is 3.56. The van der Waals surface area contributed by atoms with Gasteiger partial charge in [0, 0.05) is 22.3 Å². The predicted molar refractivity (Wildman–Crippen MR) is 88.4 cm³/mol. The normalized spacial score (nSPS) is 16.0. The highest BCUT2D eigenvalue weighted by atomic mass is 16.7. The van der Waals surface area contributed by atoms with Gasteiger partial charge in [-0.2, -0.15) is 0 Å². The maximum Gasteiger partial charge on any atom is 0.266 e. The van der Waals surface area contributed by atoms with Crippen molar-refractivity contribution in [2.45, 2.75) is 12.6 Å². The number of rotatable bonds is 4. The molecule has 0 amide bonds. The second kappa shape index (κ2) is 6.60. The third-order valence-corrected chi connectivity index (χ3v) is 3.88. The fourth-order valence-corrected chi connectivity index (χ4v) is 2.74. The molecule has 2 aromatic carbocycles. The minimum Gasteiger partial charge on any atom is -0.455 e. The van der Waals surface area contributed by atoms with Gasteiger partial charge in [0.1, 0.15) is 30.8 Å². The van der Waals surface area contributed by atoms with E-state index >= 15 is 0 Å². The summed E-state index contributed by atoms with van der Waals surface area (Å²) in [7, 11) is 0. The molecule has 0 unspecified atom stereocenters. The smallest absolute Gasteiger partial charge is 0.266 e. The largest absolute Gasteiger partial charge is 0.455 e. The number of nitrogens with zero attached hydrogens (tertiary/aromatic N) is 1. The average Bonchev–Trinajstić information content (AvgIpc) is 3.37. The van der Waals surface area contributed by atoms with E-state index in [2.05, 4.69) is 5.16 Å². The highest BCUT2D eigenvalue weighted by molar-refractivity contribution is 6.12. The number of benzene rings is 2. The zero-order valence-corrected chi connectivity index (χ0v) is 13.1. The van der Waals surface area contributed by atoms with Crippen LogP contribution in [0.5, 0.6) is 0 Å². The van der Waals surface area contributed by atoms with E-state index in [1.807, 2.05) is 48.5 Å². The molecule has 0 saturated heterocycles. The molecule has 1 N–H and O–H groups in total. The predicted octanol–water partition coefficient (Wildman–Crippen LogP) is 3.95. The van der Waals surface area contributed by atoms with Gasteiger partial charge in [0.2, 0.25) is 0 Å². The van der Waals surface area contributed by atoms with Crippen molar-refractivity contribution in [1.82, 2.24) is 0 Å². The Morgan fingerprint density at radius 1 is 0.720 bits per heavy atom. The molecule has 0 bridgehead atoms. The van der Waals surface area contributed by atoms with Gasteiger partial charge >= 0.3 is 0 Å². The SMILES string of the molecule is ON=C(c1cccc(C2OC=CO2)c1)c1cccc(C2OC=CO2)c1. The molecular weight excluding hydrogens is 322 g/mol. The molecule has 2 aliphatic rings. The maximum atomic E-state index is 9.58. The van der Waals surface area contributed by atoms with Gasteiger partial charge < -0.3 is 24.2 Å². The van der Waals surface area contributed by atoms with E-state index < -0.39 is 12.6 Å². The van der Waals surface area contributed by atoms with Crippen molar-refractivity contribution in [3.05, 3.63) is 95.8 Å². The van der Waals surface area contributed by atoms with Crippen LogP contribution in [0.25, 0.3) is 0 Å². The Balaban J connectivity index is 1.64. The Hall–Kier alpha value is -3.41. The lowest BCUT2D eigenvalue weighted by Crippen LogP contribution is -2.07. The van der Waals surface area contributed by atoms with Crippen molar-refractivity contribution in [2.24, 2.45) is 5.16 Å². The quantitative estimate of drug-likeness (QED) is 0.520. The van der Waals surface area contributed by atoms with E-state index in [1.165, 1.54) is 25.0 Å². The summed E-state index contributed by atoms with van der Waals surface area (Å²) in [6, 6.07) is 14.9. The van der Waals surface area contributed by atoms with Crippen LogP contribution in [0.3, 0.4) is 0 Å². The first-order valence-electron chi connectivity index (χ1n) is 7.70. The number of oxime groups is 1. The molecule has 126 valence electrons. The lowest BCUT2D eigenvalue weighted by atomic mass is 9.98. The average molecular weight is 337 g/mol. The summed E-state index contributed by atoms with van der Waals surface area (Å²) in [6.45, 7) is 0. The third kappa shape index (κ3) is 3.01. The van der Waals surface area contributed by atoms with E-state index in [1.54, 1.807) is 0 Å². The molecule has 25 heavy (non-hydrogen) atoms. The van der Waals surface area contributed by atoms with Gasteiger partial charge in [-0.3, -0.25) is 0 Å². The first kappa shape index (κ1) is 15.1. The van der Waals surface area contributed by atoms with Crippen LogP contribution in [-0.2, 0) is 18.9 Å². The van der Waals surface area contributed by atoms with Crippen LogP contribution in [0.4, 0.5) is 0 Å². The Kier molecular flexibility index (Phi) is 4.00. The molecule has 4 rings (SSSR count). The minimum atomic E-state index is -0.488.